The van der Waals surface area contributed by atoms with Gasteiger partial charge in [-0.05, 0) is 12.1 Å². The Morgan fingerprint density at radius 1 is 1.10 bits per heavy atom. The quantitative estimate of drug-likeness (QED) is 0.708. The molecule has 0 saturated heterocycles. The Labute approximate surface area is 115 Å². The van der Waals surface area contributed by atoms with E-state index >= 15 is 0 Å². The highest BCUT2D eigenvalue weighted by Crippen LogP contribution is 2.27. The Hall–Kier alpha value is -2.82. The number of carbonyl (C=O) groups is 1. The van der Waals surface area contributed by atoms with Gasteiger partial charge in [-0.3, -0.25) is 4.79 Å². The molecular weight excluding hydrogens is 252 g/mol. The van der Waals surface area contributed by atoms with E-state index in [4.69, 9.17) is 11.5 Å². The van der Waals surface area contributed by atoms with Crippen molar-refractivity contribution in [1.29, 1.82) is 0 Å². The number of rotatable bonds is 3. The maximum atomic E-state index is 11.3. The van der Waals surface area contributed by atoms with Crippen molar-refractivity contribution >= 4 is 22.6 Å². The monoisotopic (exact) mass is 266 g/mol. The van der Waals surface area contributed by atoms with E-state index in [0.717, 1.165) is 11.1 Å². The summed E-state index contributed by atoms with van der Waals surface area (Å²) in [4.78, 5) is 15.9. The lowest BCUT2D eigenvalue weighted by Crippen LogP contribution is -2.19. The molecule has 2 aromatic carbocycles. The molecular formula is C15H14N4O. The molecule has 0 bridgehead atoms. The molecule has 0 aliphatic rings. The molecule has 5 heteroatoms. The van der Waals surface area contributed by atoms with Crippen molar-refractivity contribution in [3.8, 4) is 11.4 Å². The lowest BCUT2D eigenvalue weighted by atomic mass is 10.2. The maximum absolute atomic E-state index is 11.3. The molecule has 5 nitrogen and oxygen atoms in total. The highest BCUT2D eigenvalue weighted by atomic mass is 16.1. The number of carbonyl (C=O) groups excluding carboxylic acids is 1. The van der Waals surface area contributed by atoms with Crippen LogP contribution in [0.4, 0.5) is 5.69 Å². The van der Waals surface area contributed by atoms with Crippen LogP contribution in [0, 0.1) is 0 Å². The van der Waals surface area contributed by atoms with E-state index in [0.29, 0.717) is 17.0 Å². The Kier molecular flexibility index (Phi) is 2.87. The first-order valence-corrected chi connectivity index (χ1v) is 6.25. The highest BCUT2D eigenvalue weighted by molar-refractivity contribution is 5.91. The second kappa shape index (κ2) is 4.70. The number of nitrogens with zero attached hydrogens (tertiary/aromatic N) is 2. The summed E-state index contributed by atoms with van der Waals surface area (Å²) in [5.74, 6) is 0.279. The van der Waals surface area contributed by atoms with Crippen LogP contribution >= 0.6 is 0 Å². The minimum absolute atomic E-state index is 0.0736. The van der Waals surface area contributed by atoms with E-state index in [1.165, 1.54) is 0 Å². The van der Waals surface area contributed by atoms with Gasteiger partial charge in [0.1, 0.15) is 17.9 Å². The van der Waals surface area contributed by atoms with Crippen LogP contribution < -0.4 is 11.5 Å². The van der Waals surface area contributed by atoms with Gasteiger partial charge in [0.25, 0.3) is 0 Å². The van der Waals surface area contributed by atoms with Crippen LogP contribution in [0.1, 0.15) is 0 Å². The predicted octanol–water partition coefficient (Wildman–Crippen LogP) is 1.77. The molecule has 4 N–H and O–H groups in total. The number of amides is 1. The van der Waals surface area contributed by atoms with Crippen molar-refractivity contribution in [3.05, 3.63) is 48.5 Å². The number of fused-ring (bicyclic) bond motifs is 1. The van der Waals surface area contributed by atoms with Gasteiger partial charge >= 0.3 is 0 Å². The van der Waals surface area contributed by atoms with Crippen molar-refractivity contribution in [2.45, 2.75) is 6.54 Å². The SMILES string of the molecule is NC(=O)Cn1c(-c2ccccc2)nc2c(N)cccc21. The van der Waals surface area contributed by atoms with E-state index in [2.05, 4.69) is 4.98 Å². The molecule has 0 spiro atoms. The molecule has 0 radical (unpaired) electrons. The van der Waals surface area contributed by atoms with Crippen molar-refractivity contribution < 1.29 is 4.79 Å². The first-order chi connectivity index (χ1) is 9.66. The summed E-state index contributed by atoms with van der Waals surface area (Å²) >= 11 is 0. The van der Waals surface area contributed by atoms with Gasteiger partial charge in [-0.15, -0.1) is 0 Å². The van der Waals surface area contributed by atoms with Crippen LogP contribution in [0.15, 0.2) is 48.5 Å². The maximum Gasteiger partial charge on any atom is 0.237 e. The Bertz CT molecular complexity index is 777. The van der Waals surface area contributed by atoms with Crippen molar-refractivity contribution in [2.24, 2.45) is 5.73 Å². The first-order valence-electron chi connectivity index (χ1n) is 6.25. The van der Waals surface area contributed by atoms with Gasteiger partial charge in [0.2, 0.25) is 5.91 Å². The van der Waals surface area contributed by atoms with Crippen LogP contribution in [0.25, 0.3) is 22.4 Å². The minimum atomic E-state index is -0.413. The largest absolute Gasteiger partial charge is 0.397 e. The van der Waals surface area contributed by atoms with Gasteiger partial charge in [-0.1, -0.05) is 36.4 Å². The molecule has 0 aliphatic carbocycles. The molecule has 0 unspecified atom stereocenters. The number of hydrogen-bond donors (Lipinski definition) is 2. The normalized spacial score (nSPS) is 10.8. The third kappa shape index (κ3) is 1.99. The summed E-state index contributed by atoms with van der Waals surface area (Å²) in [5.41, 5.74) is 14.3. The number of nitrogens with two attached hydrogens (primary N) is 2. The Balaban J connectivity index is 2.30. The highest BCUT2D eigenvalue weighted by Gasteiger charge is 2.15. The fraction of sp³-hybridized carbons (Fsp3) is 0.0667. The Morgan fingerprint density at radius 2 is 1.85 bits per heavy atom. The van der Waals surface area contributed by atoms with Gasteiger partial charge in [0, 0.05) is 5.56 Å². The van der Waals surface area contributed by atoms with Crippen LogP contribution in [0.2, 0.25) is 0 Å². The molecule has 0 aliphatic heterocycles. The first kappa shape index (κ1) is 12.2. The summed E-state index contributed by atoms with van der Waals surface area (Å²) in [6.07, 6.45) is 0. The van der Waals surface area contributed by atoms with E-state index in [1.807, 2.05) is 42.5 Å². The van der Waals surface area contributed by atoms with Gasteiger partial charge in [-0.25, -0.2) is 4.98 Å². The van der Waals surface area contributed by atoms with Gasteiger partial charge < -0.3 is 16.0 Å². The smallest absolute Gasteiger partial charge is 0.237 e. The number of imidazole rings is 1. The predicted molar refractivity (Wildman–Crippen MR) is 78.8 cm³/mol. The number of para-hydroxylation sites is 1. The summed E-state index contributed by atoms with van der Waals surface area (Å²) in [5, 5.41) is 0. The molecule has 1 amide bonds. The van der Waals surface area contributed by atoms with Gasteiger partial charge in [-0.2, -0.15) is 0 Å². The fourth-order valence-electron chi connectivity index (χ4n) is 2.29. The minimum Gasteiger partial charge on any atom is -0.397 e. The van der Waals surface area contributed by atoms with Crippen LogP contribution in [-0.2, 0) is 11.3 Å². The number of anilines is 1. The average molecular weight is 266 g/mol. The van der Waals surface area contributed by atoms with E-state index in [-0.39, 0.29) is 6.54 Å². The lowest BCUT2D eigenvalue weighted by Gasteiger charge is -2.06. The summed E-state index contributed by atoms with van der Waals surface area (Å²) in [6, 6.07) is 15.2. The van der Waals surface area contributed by atoms with Crippen LogP contribution in [-0.4, -0.2) is 15.5 Å². The van der Waals surface area contributed by atoms with Gasteiger partial charge in [0.05, 0.1) is 11.2 Å². The third-order valence-electron chi connectivity index (χ3n) is 3.16. The molecule has 1 aromatic heterocycles. The molecule has 100 valence electrons. The zero-order valence-electron chi connectivity index (χ0n) is 10.8. The second-order valence-electron chi connectivity index (χ2n) is 4.57. The fourth-order valence-corrected chi connectivity index (χ4v) is 2.29. The molecule has 0 saturated carbocycles. The summed E-state index contributed by atoms with van der Waals surface area (Å²) in [6.45, 7) is 0.0736. The molecule has 20 heavy (non-hydrogen) atoms. The summed E-state index contributed by atoms with van der Waals surface area (Å²) < 4.78 is 1.80. The van der Waals surface area contributed by atoms with Crippen molar-refractivity contribution in [1.82, 2.24) is 9.55 Å². The van der Waals surface area contributed by atoms with Crippen LogP contribution in [0.5, 0.6) is 0 Å². The molecule has 1 heterocycles. The van der Waals surface area contributed by atoms with E-state index in [9.17, 15) is 4.79 Å². The third-order valence-corrected chi connectivity index (χ3v) is 3.16. The lowest BCUT2D eigenvalue weighted by molar-refractivity contribution is -0.118. The van der Waals surface area contributed by atoms with Crippen molar-refractivity contribution in [3.63, 3.8) is 0 Å². The standard InChI is InChI=1S/C15H14N4O/c16-11-7-4-8-12-14(11)18-15(19(12)9-13(17)20)10-5-2-1-3-6-10/h1-8H,9,16H2,(H2,17,20). The Morgan fingerprint density at radius 3 is 2.55 bits per heavy atom. The molecule has 0 atom stereocenters. The molecule has 3 aromatic rings. The van der Waals surface area contributed by atoms with Gasteiger partial charge in [0.15, 0.2) is 0 Å². The summed E-state index contributed by atoms with van der Waals surface area (Å²) in [7, 11) is 0. The topological polar surface area (TPSA) is 86.9 Å². The molecule has 3 rings (SSSR count). The van der Waals surface area contributed by atoms with Crippen molar-refractivity contribution in [2.75, 3.05) is 5.73 Å². The zero-order valence-corrected chi connectivity index (χ0v) is 10.8. The number of primary amides is 1. The van der Waals surface area contributed by atoms with E-state index in [1.54, 1.807) is 10.6 Å². The van der Waals surface area contributed by atoms with E-state index < -0.39 is 5.91 Å². The molecule has 0 fully saturated rings. The number of nitrogen functional groups attached to an aromatic ring is 1. The number of hydrogen-bond acceptors (Lipinski definition) is 3. The number of benzene rings is 2. The van der Waals surface area contributed by atoms with Crippen LogP contribution in [0.3, 0.4) is 0 Å². The average Bonchev–Trinajstić information content (AvgIpc) is 2.80. The zero-order chi connectivity index (χ0) is 14.1. The number of aromatic nitrogens is 2. The second-order valence-corrected chi connectivity index (χ2v) is 4.57.